The molecule has 42 heavy (non-hydrogen) atoms. The monoisotopic (exact) mass is 792 g/mol. The second-order valence-electron chi connectivity index (χ2n) is 6.86. The molecule has 0 aliphatic carbocycles. The molecule has 2 aromatic rings. The largest absolute Gasteiger partial charge is 2.00 e. The van der Waals surface area contributed by atoms with Crippen LogP contribution in [0.1, 0.15) is 44.0 Å². The van der Waals surface area contributed by atoms with Crippen LogP contribution in [0, 0.1) is 18.1 Å². The summed E-state index contributed by atoms with van der Waals surface area (Å²) in [5.41, 5.74) is -0.793. The molecule has 0 aromatic heterocycles. The van der Waals surface area contributed by atoms with Crippen molar-refractivity contribution in [3.05, 3.63) is 72.4 Å². The smallest absolute Gasteiger partial charge is 1.00 e. The van der Waals surface area contributed by atoms with Crippen LogP contribution in [-0.4, -0.2) is 61.3 Å². The Hall–Kier alpha value is 0.774. The van der Waals surface area contributed by atoms with Crippen molar-refractivity contribution in [1.82, 2.24) is 0 Å². The molecule has 4 nitrogen and oxygen atoms in total. The van der Waals surface area contributed by atoms with Crippen molar-refractivity contribution in [3.63, 3.8) is 0 Å². The molecule has 0 atom stereocenters. The van der Waals surface area contributed by atoms with E-state index >= 15 is 0 Å². The van der Waals surface area contributed by atoms with Crippen molar-refractivity contribution in [2.45, 2.75) is 39.8 Å². The molecule has 1 saturated heterocycles. The van der Waals surface area contributed by atoms with Crippen molar-refractivity contribution >= 4 is 97.1 Å². The van der Waals surface area contributed by atoms with Crippen LogP contribution in [0.15, 0.2) is 28.7 Å². The van der Waals surface area contributed by atoms with Gasteiger partial charge in [0.1, 0.15) is 0 Å². The fourth-order valence-corrected chi connectivity index (χ4v) is 3.58. The minimum atomic E-state index is -5.04. The van der Waals surface area contributed by atoms with Gasteiger partial charge in [-0.1, -0.05) is 62.3 Å². The topological polar surface area (TPSA) is 52.6 Å². The van der Waals surface area contributed by atoms with E-state index in [-0.39, 0.29) is 82.7 Å². The Balaban J connectivity index is -0.000000105. The summed E-state index contributed by atoms with van der Waals surface area (Å²) in [5.74, 6) is -4.00. The van der Waals surface area contributed by atoms with Crippen molar-refractivity contribution in [1.29, 1.82) is 0 Å². The van der Waals surface area contributed by atoms with Gasteiger partial charge >= 0.3 is 54.1 Å². The van der Waals surface area contributed by atoms with E-state index < -0.39 is 39.2 Å². The fourth-order valence-electron chi connectivity index (χ4n) is 1.89. The van der Waals surface area contributed by atoms with Crippen LogP contribution >= 0.6 is 62.3 Å². The molecule has 0 spiro atoms. The molecule has 1 fully saturated rings. The average Bonchev–Trinajstić information content (AvgIpc) is 3.41. The first-order valence-electron chi connectivity index (χ1n) is 10.5. The third-order valence-corrected chi connectivity index (χ3v) is 5.12. The molecule has 0 unspecified atom stereocenters. The van der Waals surface area contributed by atoms with Crippen LogP contribution in [0.4, 0.5) is 22.0 Å². The quantitative estimate of drug-likeness (QED) is 0.0809. The zero-order valence-electron chi connectivity index (χ0n) is 23.1. The van der Waals surface area contributed by atoms with Crippen LogP contribution in [0.2, 0.25) is 20.1 Å². The Labute approximate surface area is 311 Å². The third-order valence-electron chi connectivity index (χ3n) is 3.57. The molecule has 18 heteroatoms. The maximum atomic E-state index is 12.8. The predicted molar refractivity (Wildman–Crippen MR) is 150 cm³/mol. The first-order valence-corrected chi connectivity index (χ1v) is 12.8. The molecule has 0 saturated carbocycles. The Morgan fingerprint density at radius 2 is 1.17 bits per heavy atom. The van der Waals surface area contributed by atoms with Gasteiger partial charge in [0.25, 0.3) is 5.78 Å². The maximum Gasteiger partial charge on any atom is 2.00 e. The van der Waals surface area contributed by atoms with Crippen molar-refractivity contribution < 1.29 is 84.7 Å². The van der Waals surface area contributed by atoms with Gasteiger partial charge < -0.3 is 40.7 Å². The third kappa shape index (κ3) is 26.0. The van der Waals surface area contributed by atoms with Crippen molar-refractivity contribution in [2.24, 2.45) is 0 Å². The second-order valence-corrected chi connectivity index (χ2v) is 9.40. The molecule has 0 radical (unpaired) electrons. The summed E-state index contributed by atoms with van der Waals surface area (Å²) in [7, 11) is 1.35. The van der Waals surface area contributed by atoms with Gasteiger partial charge in [-0.25, -0.2) is 8.78 Å². The molecule has 0 amide bonds. The molecular weight excluding hydrogens is 771 g/mol. The predicted octanol–water partition coefficient (Wildman–Crippen LogP) is 0.610. The average molecular weight is 796 g/mol. The first-order chi connectivity index (χ1) is 17.5. The molecule has 2 aromatic carbocycles. The summed E-state index contributed by atoms with van der Waals surface area (Å²) in [6, 6.07) is 4.06. The molecule has 1 aliphatic rings. The first kappa shape index (κ1) is 55.2. The number of esters is 1. The van der Waals surface area contributed by atoms with E-state index in [2.05, 4.69) is 20.7 Å². The number of rotatable bonds is 1. The number of carbonyl (C=O) groups excluding carboxylic acids is 2. The molecule has 232 valence electrons. The van der Waals surface area contributed by atoms with Gasteiger partial charge in [-0.15, -0.1) is 0 Å². The van der Waals surface area contributed by atoms with E-state index in [0.717, 1.165) is 13.2 Å². The molecule has 1 aliphatic heterocycles. The zero-order valence-corrected chi connectivity index (χ0v) is 30.6. The number of alkyl halides is 3. The van der Waals surface area contributed by atoms with Gasteiger partial charge in [0.15, 0.2) is 11.6 Å². The Morgan fingerprint density at radius 1 is 0.881 bits per heavy atom. The summed E-state index contributed by atoms with van der Waals surface area (Å²) >= 11 is 24.4. The number of hydrogen-bond donors (Lipinski definition) is 0. The van der Waals surface area contributed by atoms with E-state index in [4.69, 9.17) is 51.1 Å². The molecule has 1 heterocycles. The van der Waals surface area contributed by atoms with E-state index in [0.29, 0.717) is 16.6 Å². The number of benzene rings is 2. The minimum absolute atomic E-state index is 0. The van der Waals surface area contributed by atoms with Crippen LogP contribution in [-0.2, 0) is 14.3 Å². The van der Waals surface area contributed by atoms with Gasteiger partial charge in [0, 0.05) is 30.2 Å². The molecule has 0 N–H and O–H groups in total. The van der Waals surface area contributed by atoms with Gasteiger partial charge in [-0.05, 0) is 37.1 Å². The molecular formula is C24H25BrCl6F5LiMgO4. The number of carbonyl (C=O) groups is 2. The van der Waals surface area contributed by atoms with Crippen molar-refractivity contribution in [3.8, 4) is 0 Å². The summed E-state index contributed by atoms with van der Waals surface area (Å²) < 4.78 is 71.1. The van der Waals surface area contributed by atoms with E-state index in [9.17, 15) is 31.5 Å². The number of methoxy groups -OCH3 is 1. The van der Waals surface area contributed by atoms with Crippen molar-refractivity contribution in [2.75, 3.05) is 20.3 Å². The summed E-state index contributed by atoms with van der Waals surface area (Å²) in [5, 5.41) is -1.20. The Bertz CT molecular complexity index is 986. The minimum Gasteiger partial charge on any atom is -1.00 e. The normalized spacial score (nSPS) is 10.6. The van der Waals surface area contributed by atoms with Crippen LogP contribution in [0.5, 0.6) is 0 Å². The number of Topliss-reactive ketones (excluding diaryl/α,β-unsaturated/α-hetero) is 1. The van der Waals surface area contributed by atoms with Crippen LogP contribution in [0.25, 0.3) is 0 Å². The number of ketones is 1. The second kappa shape index (κ2) is 30.4. The number of ether oxygens (including phenoxy) is 2. The SMILES string of the molecule is C1CCOC1.COC(C)=O.C[CH-]C.Fc1c(Cl)cc(Br)cc1Cl.O=C(c1cc(Cl)c(F)c(Cl)c1)C(F)(F)F.[Cl-].[Cl-].[Li+].[Mg+2]. The summed E-state index contributed by atoms with van der Waals surface area (Å²) in [6.07, 6.45) is -0.482. The Morgan fingerprint density at radius 3 is 1.38 bits per heavy atom. The molecule has 0 bridgehead atoms. The van der Waals surface area contributed by atoms with E-state index in [1.807, 2.05) is 20.3 Å². The van der Waals surface area contributed by atoms with Crippen LogP contribution in [0.3, 0.4) is 0 Å². The number of hydrogen-bond acceptors (Lipinski definition) is 4. The Kier molecular flexibility index (Phi) is 40.0. The van der Waals surface area contributed by atoms with Gasteiger partial charge in [-0.2, -0.15) is 27.0 Å². The van der Waals surface area contributed by atoms with E-state index in [1.54, 1.807) is 0 Å². The molecule has 3 rings (SSSR count). The van der Waals surface area contributed by atoms with E-state index in [1.165, 1.54) is 39.0 Å². The van der Waals surface area contributed by atoms with Gasteiger partial charge in [0.05, 0.1) is 27.2 Å². The van der Waals surface area contributed by atoms with Crippen LogP contribution < -0.4 is 43.7 Å². The fraction of sp³-hybridized carbons (Fsp3) is 0.375. The van der Waals surface area contributed by atoms with Gasteiger partial charge in [0.2, 0.25) is 0 Å². The maximum absolute atomic E-state index is 12.8. The summed E-state index contributed by atoms with van der Waals surface area (Å²) in [4.78, 5) is 20.3. The zero-order chi connectivity index (χ0) is 30.1. The number of halogens is 12. The van der Waals surface area contributed by atoms with Gasteiger partial charge in [-0.3, -0.25) is 9.59 Å². The standard InChI is InChI=1S/C8H2Cl2F4O.C6H2BrCl2F.C4H8O.C3H6O2.C3H7.2ClH.Li.Mg/c9-4-1-3(2-5(10)6(4)11)7(15)8(12,13)14;7-3-1-4(8)6(10)5(9)2-3;1-2-4-5-3-1;1-3(4)5-2;1-3-2;;;;/h1-2H;1-2H;1-4H2;1-2H3;3H,1-2H3;2*1H;;/q;;;;-1;;;+1;+2/p-2. The summed E-state index contributed by atoms with van der Waals surface area (Å²) in [6.45, 7) is 7.36.